The standard InChI is InChI=1S/C17H18N2O4/c1-22-15-7-3-2-6-14(15)18-17(21)12-9-16(20)19(10-12)11-13-5-4-8-23-13/h2-8,12H,9-11H2,1H3,(H,18,21). The van der Waals surface area contributed by atoms with E-state index in [4.69, 9.17) is 9.15 Å². The number of furan rings is 1. The summed E-state index contributed by atoms with van der Waals surface area (Å²) in [5.41, 5.74) is 0.608. The molecule has 1 aliphatic rings. The Kier molecular flexibility index (Phi) is 4.32. The maximum Gasteiger partial charge on any atom is 0.229 e. The minimum atomic E-state index is -0.373. The summed E-state index contributed by atoms with van der Waals surface area (Å²) in [6.45, 7) is 0.783. The van der Waals surface area contributed by atoms with Crippen LogP contribution in [0.15, 0.2) is 47.1 Å². The van der Waals surface area contributed by atoms with Crippen molar-refractivity contribution in [2.45, 2.75) is 13.0 Å². The van der Waals surface area contributed by atoms with E-state index < -0.39 is 0 Å². The highest BCUT2D eigenvalue weighted by Gasteiger charge is 2.34. The molecule has 1 fully saturated rings. The van der Waals surface area contributed by atoms with Gasteiger partial charge >= 0.3 is 0 Å². The molecule has 0 aliphatic carbocycles. The van der Waals surface area contributed by atoms with Gasteiger partial charge in [-0.15, -0.1) is 0 Å². The van der Waals surface area contributed by atoms with Crippen molar-refractivity contribution < 1.29 is 18.7 Å². The van der Waals surface area contributed by atoms with Crippen LogP contribution in [-0.2, 0) is 16.1 Å². The van der Waals surface area contributed by atoms with Gasteiger partial charge in [0.1, 0.15) is 11.5 Å². The summed E-state index contributed by atoms with van der Waals surface area (Å²) in [5, 5.41) is 2.84. The van der Waals surface area contributed by atoms with Crippen molar-refractivity contribution in [1.82, 2.24) is 4.90 Å². The van der Waals surface area contributed by atoms with Gasteiger partial charge in [-0.1, -0.05) is 12.1 Å². The minimum absolute atomic E-state index is 0.0402. The van der Waals surface area contributed by atoms with Gasteiger partial charge in [0, 0.05) is 13.0 Å². The van der Waals surface area contributed by atoms with E-state index in [2.05, 4.69) is 5.32 Å². The van der Waals surface area contributed by atoms with Crippen molar-refractivity contribution in [3.8, 4) is 5.75 Å². The molecule has 1 N–H and O–H groups in total. The molecular formula is C17H18N2O4. The smallest absolute Gasteiger partial charge is 0.229 e. The third kappa shape index (κ3) is 3.36. The third-order valence-electron chi connectivity index (χ3n) is 3.88. The average molecular weight is 314 g/mol. The number of nitrogens with one attached hydrogen (secondary N) is 1. The molecule has 0 bridgehead atoms. The highest BCUT2D eigenvalue weighted by atomic mass is 16.5. The van der Waals surface area contributed by atoms with Crippen LogP contribution in [0, 0.1) is 5.92 Å². The van der Waals surface area contributed by atoms with E-state index in [1.807, 2.05) is 18.2 Å². The lowest BCUT2D eigenvalue weighted by Crippen LogP contribution is -2.28. The SMILES string of the molecule is COc1ccccc1NC(=O)C1CC(=O)N(Cc2ccco2)C1. The first-order valence-corrected chi connectivity index (χ1v) is 7.41. The summed E-state index contributed by atoms with van der Waals surface area (Å²) in [6, 6.07) is 10.8. The topological polar surface area (TPSA) is 71.8 Å². The predicted molar refractivity (Wildman–Crippen MR) is 83.9 cm³/mol. The fourth-order valence-electron chi connectivity index (χ4n) is 2.67. The van der Waals surface area contributed by atoms with Crippen LogP contribution in [0.1, 0.15) is 12.2 Å². The van der Waals surface area contributed by atoms with Crippen LogP contribution in [-0.4, -0.2) is 30.4 Å². The molecule has 2 heterocycles. The zero-order valence-corrected chi connectivity index (χ0v) is 12.8. The van der Waals surface area contributed by atoms with E-state index >= 15 is 0 Å². The van der Waals surface area contributed by atoms with E-state index in [0.717, 1.165) is 0 Å². The lowest BCUT2D eigenvalue weighted by atomic mass is 10.1. The Bertz CT molecular complexity index is 696. The molecule has 0 radical (unpaired) electrons. The number of benzene rings is 1. The summed E-state index contributed by atoms with van der Waals surface area (Å²) < 4.78 is 10.5. The number of nitrogens with zero attached hydrogens (tertiary/aromatic N) is 1. The summed E-state index contributed by atoms with van der Waals surface area (Å²) in [7, 11) is 1.55. The number of carbonyl (C=O) groups is 2. The Morgan fingerprint density at radius 3 is 2.91 bits per heavy atom. The molecule has 0 spiro atoms. The highest BCUT2D eigenvalue weighted by molar-refractivity contribution is 5.98. The summed E-state index contributed by atoms with van der Waals surface area (Å²) in [6.07, 6.45) is 1.78. The van der Waals surface area contributed by atoms with Gasteiger partial charge in [-0.25, -0.2) is 0 Å². The van der Waals surface area contributed by atoms with E-state index in [1.54, 1.807) is 36.5 Å². The third-order valence-corrected chi connectivity index (χ3v) is 3.88. The van der Waals surface area contributed by atoms with Crippen molar-refractivity contribution >= 4 is 17.5 Å². The largest absolute Gasteiger partial charge is 0.495 e. The summed E-state index contributed by atoms with van der Waals surface area (Å²) >= 11 is 0. The molecule has 0 saturated carbocycles. The Morgan fingerprint density at radius 1 is 1.35 bits per heavy atom. The first kappa shape index (κ1) is 15.1. The number of likely N-dealkylation sites (tertiary alicyclic amines) is 1. The van der Waals surface area contributed by atoms with E-state index in [-0.39, 0.29) is 24.2 Å². The number of hydrogen-bond donors (Lipinski definition) is 1. The summed E-state index contributed by atoms with van der Waals surface area (Å²) in [4.78, 5) is 26.1. The van der Waals surface area contributed by atoms with Crippen LogP contribution in [0.2, 0.25) is 0 Å². The van der Waals surface area contributed by atoms with Crippen LogP contribution in [0.3, 0.4) is 0 Å². The van der Waals surface area contributed by atoms with Gasteiger partial charge in [0.25, 0.3) is 0 Å². The molecule has 1 aromatic heterocycles. The van der Waals surface area contributed by atoms with E-state index in [9.17, 15) is 9.59 Å². The van der Waals surface area contributed by atoms with Gasteiger partial charge in [0.2, 0.25) is 11.8 Å². The monoisotopic (exact) mass is 314 g/mol. The molecule has 1 saturated heterocycles. The fraction of sp³-hybridized carbons (Fsp3) is 0.294. The van der Waals surface area contributed by atoms with Gasteiger partial charge in [0.15, 0.2) is 0 Å². The zero-order chi connectivity index (χ0) is 16.2. The Balaban J connectivity index is 1.63. The lowest BCUT2D eigenvalue weighted by molar-refractivity contribution is -0.128. The molecule has 2 amide bonds. The molecule has 6 heteroatoms. The normalized spacial score (nSPS) is 17.3. The Morgan fingerprint density at radius 2 is 2.17 bits per heavy atom. The second-order valence-corrected chi connectivity index (χ2v) is 5.44. The molecule has 1 aliphatic heterocycles. The predicted octanol–water partition coefficient (Wildman–Crippen LogP) is 2.28. The number of anilines is 1. The Labute approximate surface area is 134 Å². The van der Waals surface area contributed by atoms with Crippen LogP contribution < -0.4 is 10.1 Å². The van der Waals surface area contributed by atoms with Crippen molar-refractivity contribution in [2.75, 3.05) is 19.0 Å². The van der Waals surface area contributed by atoms with Crippen molar-refractivity contribution in [2.24, 2.45) is 5.92 Å². The quantitative estimate of drug-likeness (QED) is 0.919. The first-order chi connectivity index (χ1) is 11.2. The first-order valence-electron chi connectivity index (χ1n) is 7.41. The van der Waals surface area contributed by atoms with Gasteiger partial charge < -0.3 is 19.4 Å². The van der Waals surface area contributed by atoms with E-state index in [0.29, 0.717) is 30.3 Å². The van der Waals surface area contributed by atoms with E-state index in [1.165, 1.54) is 0 Å². The molecule has 120 valence electrons. The second-order valence-electron chi connectivity index (χ2n) is 5.44. The van der Waals surface area contributed by atoms with Crippen LogP contribution in [0.25, 0.3) is 0 Å². The summed E-state index contributed by atoms with van der Waals surface area (Å²) in [5.74, 6) is 0.718. The average Bonchev–Trinajstić information content (AvgIpc) is 3.19. The molecule has 1 atom stereocenters. The highest BCUT2D eigenvalue weighted by Crippen LogP contribution is 2.26. The van der Waals surface area contributed by atoms with Crippen molar-refractivity contribution in [3.05, 3.63) is 48.4 Å². The van der Waals surface area contributed by atoms with Crippen molar-refractivity contribution in [1.29, 1.82) is 0 Å². The van der Waals surface area contributed by atoms with Gasteiger partial charge in [-0.2, -0.15) is 0 Å². The molecule has 23 heavy (non-hydrogen) atoms. The van der Waals surface area contributed by atoms with Gasteiger partial charge in [-0.3, -0.25) is 9.59 Å². The molecule has 3 rings (SSSR count). The number of ether oxygens (including phenoxy) is 1. The fourth-order valence-corrected chi connectivity index (χ4v) is 2.67. The molecule has 1 aromatic carbocycles. The van der Waals surface area contributed by atoms with Crippen LogP contribution in [0.5, 0.6) is 5.75 Å². The molecule has 1 unspecified atom stereocenters. The molecule has 6 nitrogen and oxygen atoms in total. The lowest BCUT2D eigenvalue weighted by Gasteiger charge is -2.15. The zero-order valence-electron chi connectivity index (χ0n) is 12.8. The number of amides is 2. The van der Waals surface area contributed by atoms with Crippen LogP contribution in [0.4, 0.5) is 5.69 Å². The number of carbonyl (C=O) groups excluding carboxylic acids is 2. The number of para-hydroxylation sites is 2. The molecule has 2 aromatic rings. The van der Waals surface area contributed by atoms with Crippen LogP contribution >= 0.6 is 0 Å². The second kappa shape index (κ2) is 6.56. The van der Waals surface area contributed by atoms with Gasteiger partial charge in [-0.05, 0) is 24.3 Å². The number of methoxy groups -OCH3 is 1. The number of hydrogen-bond acceptors (Lipinski definition) is 4. The maximum atomic E-state index is 12.4. The number of rotatable bonds is 5. The molecular weight excluding hydrogens is 296 g/mol. The Hall–Kier alpha value is -2.76. The maximum absolute atomic E-state index is 12.4. The minimum Gasteiger partial charge on any atom is -0.495 e. The van der Waals surface area contributed by atoms with Crippen molar-refractivity contribution in [3.63, 3.8) is 0 Å². The van der Waals surface area contributed by atoms with Gasteiger partial charge in [0.05, 0.1) is 31.5 Å².